The Hall–Kier alpha value is -3.93. The number of carbonyl (C=O) groups is 3. The SMILES string of the molecule is Cc1ccc(Oc2ccc3c(c2)C(=O)N(c2cccc(C(=O)O)c2)C3=O)cc1. The summed E-state index contributed by atoms with van der Waals surface area (Å²) in [7, 11) is 0. The highest BCUT2D eigenvalue weighted by Gasteiger charge is 2.37. The minimum absolute atomic E-state index is 0.00236. The second-order valence-corrected chi connectivity index (χ2v) is 6.42. The number of benzene rings is 3. The molecule has 4 rings (SSSR count). The van der Waals surface area contributed by atoms with Gasteiger partial charge in [0.1, 0.15) is 11.5 Å². The van der Waals surface area contributed by atoms with Gasteiger partial charge in [0, 0.05) is 0 Å². The van der Waals surface area contributed by atoms with Gasteiger partial charge in [-0.05, 0) is 55.5 Å². The molecule has 0 saturated heterocycles. The lowest BCUT2D eigenvalue weighted by Crippen LogP contribution is -2.29. The molecule has 0 atom stereocenters. The Morgan fingerprint density at radius 2 is 1.54 bits per heavy atom. The Balaban J connectivity index is 1.66. The molecule has 0 bridgehead atoms. The Morgan fingerprint density at radius 1 is 0.857 bits per heavy atom. The lowest BCUT2D eigenvalue weighted by molar-refractivity contribution is 0.0695. The van der Waals surface area contributed by atoms with Crippen LogP contribution in [-0.2, 0) is 0 Å². The van der Waals surface area contributed by atoms with Crippen LogP contribution in [0, 0.1) is 6.92 Å². The Bertz CT molecular complexity index is 1120. The van der Waals surface area contributed by atoms with Gasteiger partial charge in [-0.15, -0.1) is 0 Å². The van der Waals surface area contributed by atoms with E-state index in [-0.39, 0.29) is 22.4 Å². The van der Waals surface area contributed by atoms with Gasteiger partial charge >= 0.3 is 5.97 Å². The minimum atomic E-state index is -1.13. The van der Waals surface area contributed by atoms with Crippen LogP contribution in [0.1, 0.15) is 36.6 Å². The average molecular weight is 373 g/mol. The second-order valence-electron chi connectivity index (χ2n) is 6.42. The van der Waals surface area contributed by atoms with Gasteiger partial charge in [0.05, 0.1) is 22.4 Å². The van der Waals surface area contributed by atoms with Crippen molar-refractivity contribution in [2.75, 3.05) is 4.90 Å². The first-order chi connectivity index (χ1) is 13.4. The summed E-state index contributed by atoms with van der Waals surface area (Å²) in [5, 5.41) is 9.15. The summed E-state index contributed by atoms with van der Waals surface area (Å²) in [5.41, 5.74) is 1.78. The highest BCUT2D eigenvalue weighted by Crippen LogP contribution is 2.32. The monoisotopic (exact) mass is 373 g/mol. The molecule has 1 heterocycles. The molecule has 1 aliphatic heterocycles. The predicted octanol–water partition coefficient (Wildman–Crippen LogP) is 4.29. The number of ether oxygens (including phenoxy) is 1. The van der Waals surface area contributed by atoms with E-state index in [4.69, 9.17) is 9.84 Å². The zero-order valence-electron chi connectivity index (χ0n) is 14.9. The van der Waals surface area contributed by atoms with E-state index in [1.807, 2.05) is 31.2 Å². The van der Waals surface area contributed by atoms with Gasteiger partial charge in [-0.1, -0.05) is 23.8 Å². The van der Waals surface area contributed by atoms with E-state index in [1.165, 1.54) is 30.3 Å². The summed E-state index contributed by atoms with van der Waals surface area (Å²) in [6, 6.07) is 17.9. The molecule has 0 spiro atoms. The molecule has 0 fully saturated rings. The molecule has 1 N–H and O–H groups in total. The summed E-state index contributed by atoms with van der Waals surface area (Å²) in [6.07, 6.45) is 0. The van der Waals surface area contributed by atoms with Crippen LogP contribution in [0.15, 0.2) is 66.7 Å². The molecule has 3 aromatic rings. The van der Waals surface area contributed by atoms with Crippen LogP contribution in [0.3, 0.4) is 0 Å². The molecule has 6 heteroatoms. The van der Waals surface area contributed by atoms with Gasteiger partial charge in [0.25, 0.3) is 11.8 Å². The van der Waals surface area contributed by atoms with E-state index in [9.17, 15) is 14.4 Å². The Kier molecular flexibility index (Phi) is 4.16. The first kappa shape index (κ1) is 17.5. The largest absolute Gasteiger partial charge is 0.478 e. The number of carbonyl (C=O) groups excluding carboxylic acids is 2. The van der Waals surface area contributed by atoms with Crippen molar-refractivity contribution in [1.29, 1.82) is 0 Å². The van der Waals surface area contributed by atoms with Crippen molar-refractivity contribution >= 4 is 23.5 Å². The van der Waals surface area contributed by atoms with Crippen LogP contribution < -0.4 is 9.64 Å². The lowest BCUT2D eigenvalue weighted by Gasteiger charge is -2.14. The van der Waals surface area contributed by atoms with E-state index in [1.54, 1.807) is 12.1 Å². The molecule has 2 amide bonds. The maximum absolute atomic E-state index is 12.8. The molecule has 0 aliphatic carbocycles. The number of aryl methyl sites for hydroxylation is 1. The fourth-order valence-electron chi connectivity index (χ4n) is 3.04. The highest BCUT2D eigenvalue weighted by molar-refractivity contribution is 6.34. The van der Waals surface area contributed by atoms with Crippen molar-refractivity contribution < 1.29 is 24.2 Å². The van der Waals surface area contributed by atoms with E-state index in [0.717, 1.165) is 10.5 Å². The molecular weight excluding hydrogens is 358 g/mol. The molecular formula is C22H15NO5. The number of carboxylic acids is 1. The number of hydrogen-bond acceptors (Lipinski definition) is 4. The minimum Gasteiger partial charge on any atom is -0.478 e. The van der Waals surface area contributed by atoms with Crippen molar-refractivity contribution in [3.8, 4) is 11.5 Å². The number of anilines is 1. The molecule has 3 aromatic carbocycles. The fourth-order valence-corrected chi connectivity index (χ4v) is 3.04. The lowest BCUT2D eigenvalue weighted by atomic mass is 10.1. The van der Waals surface area contributed by atoms with Crippen molar-refractivity contribution in [2.24, 2.45) is 0 Å². The number of aromatic carboxylic acids is 1. The third-order valence-electron chi connectivity index (χ3n) is 4.47. The highest BCUT2D eigenvalue weighted by atomic mass is 16.5. The number of carboxylic acid groups (broad SMARTS) is 1. The molecule has 0 aromatic heterocycles. The number of hydrogen-bond donors (Lipinski definition) is 1. The van der Waals surface area contributed by atoms with Gasteiger partial charge in [0.2, 0.25) is 0 Å². The van der Waals surface area contributed by atoms with Gasteiger partial charge in [-0.2, -0.15) is 0 Å². The summed E-state index contributed by atoms with van der Waals surface area (Å²) in [6.45, 7) is 1.97. The van der Waals surface area contributed by atoms with Crippen LogP contribution >= 0.6 is 0 Å². The molecule has 28 heavy (non-hydrogen) atoms. The zero-order valence-corrected chi connectivity index (χ0v) is 14.9. The summed E-state index contributed by atoms with van der Waals surface area (Å²) >= 11 is 0. The number of amides is 2. The average Bonchev–Trinajstić information content (AvgIpc) is 2.94. The summed E-state index contributed by atoms with van der Waals surface area (Å²) < 4.78 is 5.77. The molecule has 0 unspecified atom stereocenters. The summed E-state index contributed by atoms with van der Waals surface area (Å²) in [5.74, 6) is -1.09. The molecule has 6 nitrogen and oxygen atoms in total. The number of fused-ring (bicyclic) bond motifs is 1. The standard InChI is InChI=1S/C22H15NO5/c1-13-5-7-16(8-6-13)28-17-9-10-18-19(12-17)21(25)23(20(18)24)15-4-2-3-14(11-15)22(26)27/h2-12H,1H3,(H,26,27). The zero-order chi connectivity index (χ0) is 19.8. The van der Waals surface area contributed by atoms with Gasteiger partial charge in [-0.3, -0.25) is 9.59 Å². The van der Waals surface area contributed by atoms with Crippen molar-refractivity contribution in [2.45, 2.75) is 6.92 Å². The first-order valence-corrected chi connectivity index (χ1v) is 8.55. The topological polar surface area (TPSA) is 83.9 Å². The molecule has 138 valence electrons. The van der Waals surface area contributed by atoms with Crippen molar-refractivity contribution in [3.05, 3.63) is 89.0 Å². The smallest absolute Gasteiger partial charge is 0.335 e. The number of imide groups is 1. The molecule has 0 saturated carbocycles. The summed E-state index contributed by atoms with van der Waals surface area (Å²) in [4.78, 5) is 37.7. The third-order valence-corrected chi connectivity index (χ3v) is 4.47. The van der Waals surface area contributed by atoms with Crippen LogP contribution in [0.2, 0.25) is 0 Å². The predicted molar refractivity (Wildman–Crippen MR) is 102 cm³/mol. The van der Waals surface area contributed by atoms with Crippen LogP contribution in [0.25, 0.3) is 0 Å². The maximum Gasteiger partial charge on any atom is 0.335 e. The molecule has 0 radical (unpaired) electrons. The number of nitrogens with zero attached hydrogens (tertiary/aromatic N) is 1. The quantitative estimate of drug-likeness (QED) is 0.690. The number of rotatable bonds is 4. The second kappa shape index (κ2) is 6.66. The maximum atomic E-state index is 12.8. The van der Waals surface area contributed by atoms with Crippen molar-refractivity contribution in [3.63, 3.8) is 0 Å². The van der Waals surface area contributed by atoms with E-state index >= 15 is 0 Å². The van der Waals surface area contributed by atoms with Crippen LogP contribution in [-0.4, -0.2) is 22.9 Å². The normalized spacial score (nSPS) is 12.8. The van der Waals surface area contributed by atoms with E-state index < -0.39 is 17.8 Å². The Morgan fingerprint density at radius 3 is 2.25 bits per heavy atom. The van der Waals surface area contributed by atoms with Crippen LogP contribution in [0.5, 0.6) is 11.5 Å². The van der Waals surface area contributed by atoms with Gasteiger partial charge in [0.15, 0.2) is 0 Å². The fraction of sp³-hybridized carbons (Fsp3) is 0.0455. The van der Waals surface area contributed by atoms with E-state index in [0.29, 0.717) is 11.5 Å². The van der Waals surface area contributed by atoms with E-state index in [2.05, 4.69) is 0 Å². The Labute approximate surface area is 160 Å². The van der Waals surface area contributed by atoms with Gasteiger partial charge in [-0.25, -0.2) is 9.69 Å². The van der Waals surface area contributed by atoms with Crippen molar-refractivity contribution in [1.82, 2.24) is 0 Å². The van der Waals surface area contributed by atoms with Gasteiger partial charge < -0.3 is 9.84 Å². The first-order valence-electron chi connectivity index (χ1n) is 8.55. The van der Waals surface area contributed by atoms with Crippen LogP contribution in [0.4, 0.5) is 5.69 Å². The third kappa shape index (κ3) is 3.01. The molecule has 1 aliphatic rings.